The van der Waals surface area contributed by atoms with Gasteiger partial charge in [-0.05, 0) is 69.3 Å². The SMILES string of the molecule is C1=CC2c3ccccc3N(c3cccc(-c4ccc(-c5ccccc5)cc4)c3)C2c2c1oc1c(-c3nc(-c4ccccc4)nc(-c4ccc(-c5ccccc5)cc4)n3)cccc21. The number of hydrogen-bond acceptors (Lipinski definition) is 5. The number of rotatable bonds is 7. The maximum atomic E-state index is 6.95. The van der Waals surface area contributed by atoms with Gasteiger partial charge < -0.3 is 9.32 Å². The normalized spacial score (nSPS) is 15.0. The van der Waals surface area contributed by atoms with Crippen LogP contribution in [-0.2, 0) is 0 Å². The average molecular weight is 795 g/mol. The lowest BCUT2D eigenvalue weighted by molar-refractivity contribution is 0.573. The first kappa shape index (κ1) is 35.8. The van der Waals surface area contributed by atoms with Crippen molar-refractivity contribution in [3.05, 3.63) is 229 Å². The largest absolute Gasteiger partial charge is 0.456 e. The monoisotopic (exact) mass is 794 g/mol. The van der Waals surface area contributed by atoms with Crippen molar-refractivity contribution in [2.24, 2.45) is 0 Å². The summed E-state index contributed by atoms with van der Waals surface area (Å²) in [6.07, 6.45) is 4.47. The molecule has 2 atom stereocenters. The van der Waals surface area contributed by atoms with Crippen LogP contribution < -0.4 is 4.90 Å². The van der Waals surface area contributed by atoms with Crippen molar-refractivity contribution in [3.63, 3.8) is 0 Å². The third-order valence-corrected chi connectivity index (χ3v) is 12.3. The summed E-state index contributed by atoms with van der Waals surface area (Å²) in [5.41, 5.74) is 15.3. The van der Waals surface area contributed by atoms with Gasteiger partial charge in [-0.1, -0.05) is 188 Å². The molecule has 2 aromatic heterocycles. The van der Waals surface area contributed by atoms with Crippen molar-refractivity contribution in [2.45, 2.75) is 12.0 Å². The highest BCUT2D eigenvalue weighted by atomic mass is 16.3. The smallest absolute Gasteiger partial charge is 0.167 e. The topological polar surface area (TPSA) is 55.1 Å². The number of aromatic nitrogens is 3. The predicted molar refractivity (Wildman–Crippen MR) is 252 cm³/mol. The molecule has 0 amide bonds. The molecule has 1 aliphatic carbocycles. The Morgan fingerprint density at radius 1 is 0.419 bits per heavy atom. The summed E-state index contributed by atoms with van der Waals surface area (Å²) in [5, 5.41) is 1.05. The lowest BCUT2D eigenvalue weighted by Crippen LogP contribution is -2.23. The van der Waals surface area contributed by atoms with E-state index in [1.165, 1.54) is 33.5 Å². The van der Waals surface area contributed by atoms with Crippen LogP contribution >= 0.6 is 0 Å². The molecule has 0 spiro atoms. The van der Waals surface area contributed by atoms with Gasteiger partial charge in [-0.2, -0.15) is 0 Å². The van der Waals surface area contributed by atoms with Gasteiger partial charge in [0.25, 0.3) is 0 Å². The van der Waals surface area contributed by atoms with Gasteiger partial charge >= 0.3 is 0 Å². The molecule has 1 aliphatic heterocycles. The molecular weight excluding hydrogens is 757 g/mol. The highest BCUT2D eigenvalue weighted by molar-refractivity contribution is 5.97. The molecule has 0 radical (unpaired) electrons. The van der Waals surface area contributed by atoms with E-state index in [2.05, 4.69) is 187 Å². The van der Waals surface area contributed by atoms with E-state index in [0.717, 1.165) is 55.8 Å². The van der Waals surface area contributed by atoms with E-state index < -0.39 is 0 Å². The highest BCUT2D eigenvalue weighted by Gasteiger charge is 2.44. The first-order chi connectivity index (χ1) is 30.7. The zero-order valence-electron chi connectivity index (χ0n) is 33.6. The van der Waals surface area contributed by atoms with Crippen LogP contribution in [0.15, 0.2) is 217 Å². The molecule has 0 N–H and O–H groups in total. The number of fused-ring (bicyclic) bond motifs is 7. The molecule has 5 nitrogen and oxygen atoms in total. The summed E-state index contributed by atoms with van der Waals surface area (Å²) in [5.74, 6) is 2.76. The Kier molecular flexibility index (Phi) is 8.56. The van der Waals surface area contributed by atoms with Crippen LogP contribution in [0.2, 0.25) is 0 Å². The molecule has 0 bridgehead atoms. The Morgan fingerprint density at radius 3 is 1.58 bits per heavy atom. The van der Waals surface area contributed by atoms with Crippen LogP contribution in [0.1, 0.15) is 28.8 Å². The van der Waals surface area contributed by atoms with Gasteiger partial charge in [0.15, 0.2) is 17.5 Å². The second kappa shape index (κ2) is 14.8. The van der Waals surface area contributed by atoms with Gasteiger partial charge in [0.1, 0.15) is 11.3 Å². The fourth-order valence-electron chi connectivity index (χ4n) is 9.34. The quantitative estimate of drug-likeness (QED) is 0.161. The first-order valence-electron chi connectivity index (χ1n) is 21.1. The van der Waals surface area contributed by atoms with Crippen LogP contribution in [0.3, 0.4) is 0 Å². The third-order valence-electron chi connectivity index (χ3n) is 12.3. The van der Waals surface area contributed by atoms with E-state index >= 15 is 0 Å². The molecule has 12 rings (SSSR count). The maximum Gasteiger partial charge on any atom is 0.167 e. The number of anilines is 2. The van der Waals surface area contributed by atoms with E-state index in [-0.39, 0.29) is 12.0 Å². The van der Waals surface area contributed by atoms with Crippen LogP contribution in [0.25, 0.3) is 84.6 Å². The molecule has 3 heterocycles. The van der Waals surface area contributed by atoms with Gasteiger partial charge in [-0.3, -0.25) is 0 Å². The minimum absolute atomic E-state index is 0.0310. The van der Waals surface area contributed by atoms with Crippen LogP contribution in [0.5, 0.6) is 0 Å². The van der Waals surface area contributed by atoms with Crippen LogP contribution in [0.4, 0.5) is 11.4 Å². The van der Waals surface area contributed by atoms with Crippen molar-refractivity contribution in [1.82, 2.24) is 15.0 Å². The van der Waals surface area contributed by atoms with E-state index in [4.69, 9.17) is 19.4 Å². The zero-order valence-corrected chi connectivity index (χ0v) is 33.6. The average Bonchev–Trinajstić information content (AvgIpc) is 3.91. The summed E-state index contributed by atoms with van der Waals surface area (Å²) in [6, 6.07) is 72.5. The fraction of sp³-hybridized carbons (Fsp3) is 0.0351. The summed E-state index contributed by atoms with van der Waals surface area (Å²) in [6.45, 7) is 0. The molecule has 8 aromatic carbocycles. The van der Waals surface area contributed by atoms with E-state index in [1.54, 1.807) is 0 Å². The zero-order chi connectivity index (χ0) is 41.0. The minimum atomic E-state index is -0.0310. The molecule has 2 unspecified atom stereocenters. The standard InChI is InChI=1S/C57H38N4O/c1-4-14-37(15-5-1)39-26-28-41(29-27-39)44-20-12-21-45(36-44)61-50-25-11-10-22-46(50)47-34-35-51-52(53(47)61)48-23-13-24-49(54(48)62-51)57-59-55(42-18-8-3-9-19-42)58-56(60-57)43-32-30-40(31-33-43)38-16-6-2-7-17-38/h1-36,47,53H. The molecule has 2 aliphatic rings. The summed E-state index contributed by atoms with van der Waals surface area (Å²) < 4.78 is 6.95. The van der Waals surface area contributed by atoms with E-state index in [0.29, 0.717) is 17.5 Å². The van der Waals surface area contributed by atoms with Crippen molar-refractivity contribution in [3.8, 4) is 67.5 Å². The van der Waals surface area contributed by atoms with E-state index in [9.17, 15) is 0 Å². The molecule has 0 saturated carbocycles. The Morgan fingerprint density at radius 2 is 0.919 bits per heavy atom. The summed E-state index contributed by atoms with van der Waals surface area (Å²) in [4.78, 5) is 17.8. The summed E-state index contributed by atoms with van der Waals surface area (Å²) >= 11 is 0. The molecule has 5 heteroatoms. The second-order valence-corrected chi connectivity index (χ2v) is 15.9. The van der Waals surface area contributed by atoms with Crippen molar-refractivity contribution < 1.29 is 4.42 Å². The first-order valence-corrected chi connectivity index (χ1v) is 21.1. The van der Waals surface area contributed by atoms with Crippen LogP contribution in [0, 0.1) is 0 Å². The Bertz CT molecular complexity index is 3290. The van der Waals surface area contributed by atoms with Crippen LogP contribution in [-0.4, -0.2) is 15.0 Å². The molecule has 0 fully saturated rings. The lowest BCUT2D eigenvalue weighted by Gasteiger charge is -2.32. The predicted octanol–water partition coefficient (Wildman–Crippen LogP) is 14.6. The minimum Gasteiger partial charge on any atom is -0.456 e. The summed E-state index contributed by atoms with van der Waals surface area (Å²) in [7, 11) is 0. The Hall–Kier alpha value is -8.15. The molecule has 292 valence electrons. The molecule has 10 aromatic rings. The Balaban J connectivity index is 0.966. The lowest BCUT2D eigenvalue weighted by atomic mass is 9.84. The van der Waals surface area contributed by atoms with Crippen molar-refractivity contribution >= 4 is 28.4 Å². The molecule has 62 heavy (non-hydrogen) atoms. The fourth-order valence-corrected chi connectivity index (χ4v) is 9.34. The number of hydrogen-bond donors (Lipinski definition) is 0. The second-order valence-electron chi connectivity index (χ2n) is 15.9. The number of nitrogens with zero attached hydrogens (tertiary/aromatic N) is 4. The van der Waals surface area contributed by atoms with Gasteiger partial charge in [-0.15, -0.1) is 0 Å². The molecular formula is C57H38N4O. The Labute approximate surface area is 360 Å². The number of para-hydroxylation sites is 2. The van der Waals surface area contributed by atoms with Crippen molar-refractivity contribution in [1.29, 1.82) is 0 Å². The number of furan rings is 1. The van der Waals surface area contributed by atoms with Gasteiger partial charge in [0, 0.05) is 39.4 Å². The van der Waals surface area contributed by atoms with E-state index in [1.807, 2.05) is 36.4 Å². The molecule has 0 saturated heterocycles. The van der Waals surface area contributed by atoms with Gasteiger partial charge in [-0.25, -0.2) is 15.0 Å². The maximum absolute atomic E-state index is 6.95. The van der Waals surface area contributed by atoms with Gasteiger partial charge in [0.2, 0.25) is 0 Å². The van der Waals surface area contributed by atoms with Crippen molar-refractivity contribution in [2.75, 3.05) is 4.90 Å². The van der Waals surface area contributed by atoms with Gasteiger partial charge in [0.05, 0.1) is 11.6 Å². The highest BCUT2D eigenvalue weighted by Crippen LogP contribution is 2.58. The number of benzene rings is 8. The third kappa shape index (κ3) is 6.13.